The van der Waals surface area contributed by atoms with Gasteiger partial charge in [0, 0.05) is 30.6 Å². The molecule has 12 heteroatoms. The highest BCUT2D eigenvalue weighted by Crippen LogP contribution is 2.30. The molecule has 4 aromatic heterocycles. The van der Waals surface area contributed by atoms with E-state index in [0.717, 1.165) is 5.52 Å². The van der Waals surface area contributed by atoms with Crippen molar-refractivity contribution in [3.63, 3.8) is 0 Å². The zero-order valence-electron chi connectivity index (χ0n) is 18.8. The van der Waals surface area contributed by atoms with E-state index in [1.807, 2.05) is 11.5 Å². The Hall–Kier alpha value is -5.00. The number of hydrogen-bond acceptors (Lipinski definition) is 10. The van der Waals surface area contributed by atoms with Crippen LogP contribution in [-0.4, -0.2) is 42.8 Å². The fraction of sp³-hybridized carbons (Fsp3) is 0.130. The van der Waals surface area contributed by atoms with Gasteiger partial charge in [-0.3, -0.25) is 4.79 Å². The minimum absolute atomic E-state index is 0.155. The Labute approximate surface area is 198 Å². The molecular formula is C23H20N8O4. The van der Waals surface area contributed by atoms with Crippen molar-refractivity contribution in [2.75, 3.05) is 18.2 Å². The molecule has 0 unspecified atom stereocenters. The number of hydrogen-bond donors (Lipinski definition) is 2. The molecular weight excluding hydrogens is 452 g/mol. The molecule has 1 amide bonds. The van der Waals surface area contributed by atoms with Crippen LogP contribution in [0.4, 0.5) is 11.5 Å². The molecule has 0 atom stereocenters. The summed E-state index contributed by atoms with van der Waals surface area (Å²) < 4.78 is 17.8. The summed E-state index contributed by atoms with van der Waals surface area (Å²) in [6.07, 6.45) is 3.16. The van der Waals surface area contributed by atoms with E-state index in [2.05, 4.69) is 30.6 Å². The molecule has 0 saturated heterocycles. The standard InChI is InChI=1S/C23H20N8O4/c1-3-31-17-11-18(26-12-16(17)28-21(31)19-20(24)30-35-29-19)34-14-7-4-6-13(10-14)27-22(32)15-8-5-9-25-23(15)33-2/h4-12H,3H2,1-2H3,(H2,24,30)(H,27,32). The second-order valence-corrected chi connectivity index (χ2v) is 7.33. The van der Waals surface area contributed by atoms with Crippen LogP contribution in [0.15, 0.2) is 59.5 Å². The Morgan fingerprint density at radius 3 is 2.83 bits per heavy atom. The third kappa shape index (κ3) is 4.19. The fourth-order valence-corrected chi connectivity index (χ4v) is 3.60. The van der Waals surface area contributed by atoms with Crippen molar-refractivity contribution in [1.82, 2.24) is 29.8 Å². The van der Waals surface area contributed by atoms with Crippen LogP contribution in [0, 0.1) is 0 Å². The number of anilines is 2. The molecule has 0 bridgehead atoms. The number of benzene rings is 1. The predicted molar refractivity (Wildman–Crippen MR) is 126 cm³/mol. The molecule has 0 saturated carbocycles. The molecule has 0 aliphatic heterocycles. The first-order chi connectivity index (χ1) is 17.1. The van der Waals surface area contributed by atoms with Crippen molar-refractivity contribution in [2.24, 2.45) is 0 Å². The number of ether oxygens (including phenoxy) is 2. The first-order valence-corrected chi connectivity index (χ1v) is 10.6. The average molecular weight is 472 g/mol. The maximum Gasteiger partial charge on any atom is 0.261 e. The molecule has 3 N–H and O–H groups in total. The number of carbonyl (C=O) groups is 1. The van der Waals surface area contributed by atoms with Crippen LogP contribution in [0.2, 0.25) is 0 Å². The number of fused-ring (bicyclic) bond motifs is 1. The summed E-state index contributed by atoms with van der Waals surface area (Å²) >= 11 is 0. The van der Waals surface area contributed by atoms with Crippen molar-refractivity contribution in [1.29, 1.82) is 0 Å². The number of nitrogens with two attached hydrogens (primary N) is 1. The van der Waals surface area contributed by atoms with Gasteiger partial charge < -0.3 is 25.1 Å². The average Bonchev–Trinajstić information content (AvgIpc) is 3.46. The first kappa shape index (κ1) is 21.8. The number of nitrogens with one attached hydrogen (secondary N) is 1. The lowest BCUT2D eigenvalue weighted by atomic mass is 10.2. The van der Waals surface area contributed by atoms with E-state index in [1.54, 1.807) is 54.9 Å². The van der Waals surface area contributed by atoms with Crippen LogP contribution in [0.25, 0.3) is 22.6 Å². The van der Waals surface area contributed by atoms with Crippen molar-refractivity contribution >= 4 is 28.4 Å². The highest BCUT2D eigenvalue weighted by atomic mass is 16.6. The summed E-state index contributed by atoms with van der Waals surface area (Å²) in [7, 11) is 1.46. The number of pyridine rings is 2. The number of nitrogens with zero attached hydrogens (tertiary/aromatic N) is 6. The number of aryl methyl sites for hydroxylation is 1. The number of carbonyl (C=O) groups excluding carboxylic acids is 1. The van der Waals surface area contributed by atoms with Crippen molar-refractivity contribution in [2.45, 2.75) is 13.5 Å². The largest absolute Gasteiger partial charge is 0.480 e. The zero-order valence-corrected chi connectivity index (χ0v) is 18.8. The number of imidazole rings is 1. The molecule has 176 valence electrons. The van der Waals surface area contributed by atoms with Gasteiger partial charge in [0.1, 0.15) is 16.8 Å². The first-order valence-electron chi connectivity index (χ1n) is 10.6. The van der Waals surface area contributed by atoms with Crippen LogP contribution in [-0.2, 0) is 6.54 Å². The summed E-state index contributed by atoms with van der Waals surface area (Å²) in [5.74, 6) is 1.40. The van der Waals surface area contributed by atoms with Crippen LogP contribution in [0.5, 0.6) is 17.5 Å². The number of amides is 1. The van der Waals surface area contributed by atoms with E-state index in [1.165, 1.54) is 7.11 Å². The number of rotatable bonds is 7. The molecule has 5 aromatic rings. The summed E-state index contributed by atoms with van der Waals surface area (Å²) in [4.78, 5) is 25.7. The zero-order chi connectivity index (χ0) is 24.4. The second-order valence-electron chi connectivity index (χ2n) is 7.33. The van der Waals surface area contributed by atoms with Crippen molar-refractivity contribution < 1.29 is 18.9 Å². The van der Waals surface area contributed by atoms with E-state index in [4.69, 9.17) is 19.8 Å². The van der Waals surface area contributed by atoms with E-state index in [-0.39, 0.29) is 17.6 Å². The van der Waals surface area contributed by atoms with Gasteiger partial charge in [0.25, 0.3) is 5.91 Å². The summed E-state index contributed by atoms with van der Waals surface area (Å²) in [5.41, 5.74) is 8.49. The van der Waals surface area contributed by atoms with E-state index in [0.29, 0.717) is 46.5 Å². The topological polar surface area (TPSA) is 156 Å². The van der Waals surface area contributed by atoms with Gasteiger partial charge in [-0.15, -0.1) is 0 Å². The molecule has 0 aliphatic carbocycles. The van der Waals surface area contributed by atoms with E-state index in [9.17, 15) is 4.79 Å². The molecule has 1 aromatic carbocycles. The SMILES string of the molecule is CCn1c(-c2nonc2N)nc2cnc(Oc3cccc(NC(=O)c4cccnc4OC)c3)cc21. The smallest absolute Gasteiger partial charge is 0.261 e. The number of aromatic nitrogens is 6. The van der Waals surface area contributed by atoms with Crippen molar-refractivity contribution in [3.8, 4) is 29.0 Å². The minimum atomic E-state index is -0.354. The lowest BCUT2D eigenvalue weighted by Crippen LogP contribution is -2.13. The molecule has 35 heavy (non-hydrogen) atoms. The quantitative estimate of drug-likeness (QED) is 0.359. The van der Waals surface area contributed by atoms with E-state index >= 15 is 0 Å². The summed E-state index contributed by atoms with van der Waals surface area (Å²) in [5, 5.41) is 10.3. The molecule has 4 heterocycles. The van der Waals surface area contributed by atoms with Gasteiger partial charge in [-0.25, -0.2) is 19.6 Å². The van der Waals surface area contributed by atoms with Gasteiger partial charge >= 0.3 is 0 Å². The molecule has 0 radical (unpaired) electrons. The third-order valence-electron chi connectivity index (χ3n) is 5.17. The van der Waals surface area contributed by atoms with Crippen LogP contribution < -0.4 is 20.5 Å². The van der Waals surface area contributed by atoms with Crippen LogP contribution in [0.3, 0.4) is 0 Å². The lowest BCUT2D eigenvalue weighted by Gasteiger charge is -2.10. The number of methoxy groups -OCH3 is 1. The Morgan fingerprint density at radius 2 is 2.06 bits per heavy atom. The molecule has 12 nitrogen and oxygen atoms in total. The highest BCUT2D eigenvalue weighted by Gasteiger charge is 2.19. The summed E-state index contributed by atoms with van der Waals surface area (Å²) in [6, 6.07) is 12.0. The molecule has 5 rings (SSSR count). The maximum absolute atomic E-state index is 12.7. The molecule has 0 aliphatic rings. The lowest BCUT2D eigenvalue weighted by molar-refractivity contribution is 0.102. The monoisotopic (exact) mass is 472 g/mol. The van der Waals surface area contributed by atoms with Gasteiger partial charge in [-0.05, 0) is 41.5 Å². The van der Waals surface area contributed by atoms with Gasteiger partial charge in [0.05, 0.1) is 18.8 Å². The Balaban J connectivity index is 1.40. The van der Waals surface area contributed by atoms with Gasteiger partial charge in [-0.1, -0.05) is 6.07 Å². The Morgan fingerprint density at radius 1 is 1.17 bits per heavy atom. The Kier molecular flexibility index (Phi) is 5.67. The Bertz CT molecular complexity index is 1530. The van der Waals surface area contributed by atoms with Crippen LogP contribution in [0.1, 0.15) is 17.3 Å². The fourth-order valence-electron chi connectivity index (χ4n) is 3.60. The van der Waals surface area contributed by atoms with Gasteiger partial charge in [-0.2, -0.15) is 0 Å². The minimum Gasteiger partial charge on any atom is -0.480 e. The maximum atomic E-state index is 12.7. The molecule has 0 spiro atoms. The normalized spacial score (nSPS) is 10.9. The van der Waals surface area contributed by atoms with Crippen molar-refractivity contribution in [3.05, 3.63) is 60.4 Å². The third-order valence-corrected chi connectivity index (χ3v) is 5.17. The molecule has 0 fully saturated rings. The van der Waals surface area contributed by atoms with E-state index < -0.39 is 0 Å². The predicted octanol–water partition coefficient (Wildman–Crippen LogP) is 3.53. The number of nitrogen functional groups attached to an aromatic ring is 1. The highest BCUT2D eigenvalue weighted by molar-refractivity contribution is 6.05. The summed E-state index contributed by atoms with van der Waals surface area (Å²) in [6.45, 7) is 2.57. The van der Waals surface area contributed by atoms with Gasteiger partial charge in [0.2, 0.25) is 11.8 Å². The second kappa shape index (κ2) is 9.09. The van der Waals surface area contributed by atoms with Crippen LogP contribution >= 0.6 is 0 Å². The van der Waals surface area contributed by atoms with Gasteiger partial charge in [0.15, 0.2) is 17.3 Å².